The zero-order valence-electron chi connectivity index (χ0n) is 11.0. The molecule has 0 amide bonds. The van der Waals surface area contributed by atoms with Gasteiger partial charge in [-0.05, 0) is 22.0 Å². The fourth-order valence-corrected chi connectivity index (χ4v) is 4.34. The molecule has 0 fully saturated rings. The molecule has 23 heavy (non-hydrogen) atoms. The molecule has 0 atom stereocenters. The molecule has 0 N–H and O–H groups in total. The van der Waals surface area contributed by atoms with E-state index in [1.165, 1.54) is 0 Å². The quantitative estimate of drug-likeness (QED) is 0.432. The second-order valence-corrected chi connectivity index (χ2v) is 7.55. The highest BCUT2D eigenvalue weighted by Gasteiger charge is 2.39. The van der Waals surface area contributed by atoms with Gasteiger partial charge in [0.1, 0.15) is 17.0 Å². The zero-order chi connectivity index (χ0) is 17.1. The summed E-state index contributed by atoms with van der Waals surface area (Å²) in [7, 11) is 1.09. The predicted molar refractivity (Wildman–Crippen MR) is 84.5 cm³/mol. The highest BCUT2D eigenvalue weighted by Crippen LogP contribution is 2.45. The number of rotatable bonds is 1. The van der Waals surface area contributed by atoms with Crippen molar-refractivity contribution in [1.82, 2.24) is 14.8 Å². The van der Waals surface area contributed by atoms with Gasteiger partial charge in [0.15, 0.2) is 9.61 Å². The van der Waals surface area contributed by atoms with Crippen LogP contribution in [0.5, 0.6) is 0 Å². The summed E-state index contributed by atoms with van der Waals surface area (Å²) in [5, 5.41) is 3.12. The van der Waals surface area contributed by atoms with Gasteiger partial charge >= 0.3 is 6.18 Å². The minimum Gasteiger partial charge on any atom is -0.262 e. The number of fused-ring (bicyclic) bond motifs is 1. The minimum atomic E-state index is -4.71. The van der Waals surface area contributed by atoms with Crippen molar-refractivity contribution in [3.05, 3.63) is 31.5 Å². The number of benzene rings is 1. The average Bonchev–Trinajstić information content (AvgIpc) is 2.90. The van der Waals surface area contributed by atoms with Gasteiger partial charge in [-0.15, -0.1) is 11.3 Å². The number of halogens is 7. The molecule has 0 unspecified atom stereocenters. The summed E-state index contributed by atoms with van der Waals surface area (Å²) in [6.45, 7) is 0. The van der Waals surface area contributed by atoms with Crippen LogP contribution >= 0.6 is 50.5 Å². The molecule has 0 saturated heterocycles. The second-order valence-electron chi connectivity index (χ2n) is 4.49. The number of aryl methyl sites for hydroxylation is 1. The van der Waals surface area contributed by atoms with Gasteiger partial charge in [-0.2, -0.15) is 18.3 Å². The van der Waals surface area contributed by atoms with Crippen molar-refractivity contribution in [2.75, 3.05) is 0 Å². The van der Waals surface area contributed by atoms with Crippen LogP contribution in [0.15, 0.2) is 9.98 Å². The Labute approximate surface area is 149 Å². The Kier molecular flexibility index (Phi) is 4.11. The van der Waals surface area contributed by atoms with Crippen molar-refractivity contribution >= 4 is 60.7 Å². The highest BCUT2D eigenvalue weighted by atomic mass is 79.9. The normalized spacial score (nSPS) is 12.3. The van der Waals surface area contributed by atoms with Gasteiger partial charge in [-0.1, -0.05) is 23.2 Å². The third-order valence-corrected chi connectivity index (χ3v) is 5.21. The third-order valence-electron chi connectivity index (χ3n) is 3.04. The Morgan fingerprint density at radius 2 is 1.96 bits per heavy atom. The molecule has 3 aromatic rings. The lowest BCUT2D eigenvalue weighted by Crippen LogP contribution is -2.12. The minimum absolute atomic E-state index is 0.0475. The van der Waals surface area contributed by atoms with Crippen LogP contribution in [0, 0.1) is 5.82 Å². The molecule has 2 heterocycles. The van der Waals surface area contributed by atoms with E-state index in [0.717, 1.165) is 24.5 Å². The first-order valence-corrected chi connectivity index (χ1v) is 8.22. The third kappa shape index (κ3) is 2.73. The van der Waals surface area contributed by atoms with Crippen molar-refractivity contribution in [2.24, 2.45) is 7.05 Å². The first-order valence-electron chi connectivity index (χ1n) is 5.85. The zero-order valence-corrected chi connectivity index (χ0v) is 14.9. The van der Waals surface area contributed by atoms with E-state index in [9.17, 15) is 17.6 Å². The molecule has 0 saturated carbocycles. The topological polar surface area (TPSA) is 30.7 Å². The highest BCUT2D eigenvalue weighted by molar-refractivity contribution is 9.11. The second kappa shape index (κ2) is 5.58. The SMILES string of the molecule is Cn1nc(-c2c(F)cc(Cl)c3nc(Br)sc23)c(Cl)c1C(F)(F)F. The molecular formula is C12H4BrCl2F4N3S. The summed E-state index contributed by atoms with van der Waals surface area (Å²) in [4.78, 5) is 4.08. The molecule has 0 aliphatic carbocycles. The van der Waals surface area contributed by atoms with Crippen LogP contribution in [0.4, 0.5) is 17.6 Å². The van der Waals surface area contributed by atoms with Crippen molar-refractivity contribution in [3.63, 3.8) is 0 Å². The van der Waals surface area contributed by atoms with Gasteiger partial charge in [0.05, 0.1) is 20.3 Å². The van der Waals surface area contributed by atoms with E-state index in [0.29, 0.717) is 8.60 Å². The molecule has 11 heteroatoms. The van der Waals surface area contributed by atoms with E-state index in [1.54, 1.807) is 0 Å². The number of alkyl halides is 3. The first kappa shape index (κ1) is 16.9. The number of thiazole rings is 1. The first-order chi connectivity index (χ1) is 10.6. The van der Waals surface area contributed by atoms with E-state index in [-0.39, 0.29) is 26.5 Å². The lowest BCUT2D eigenvalue weighted by molar-refractivity contribution is -0.143. The fourth-order valence-electron chi connectivity index (χ4n) is 2.17. The Bertz CT molecular complexity index is 935. The van der Waals surface area contributed by atoms with E-state index in [2.05, 4.69) is 26.0 Å². The maximum Gasteiger partial charge on any atom is 0.434 e. The van der Waals surface area contributed by atoms with Crippen LogP contribution < -0.4 is 0 Å². The molecule has 1 aromatic carbocycles. The molecule has 122 valence electrons. The molecule has 0 spiro atoms. The standard InChI is InChI=1S/C12H4BrCl2F4N3S/c1-22-10(12(17,18)19)6(15)8(21-22)5-4(16)2-3(14)7-9(5)23-11(13)20-7/h2H,1H3. The van der Waals surface area contributed by atoms with Crippen LogP contribution in [0.2, 0.25) is 10.0 Å². The number of nitrogens with zero attached hydrogens (tertiary/aromatic N) is 3. The summed E-state index contributed by atoms with van der Waals surface area (Å²) < 4.78 is 54.8. The maximum absolute atomic E-state index is 14.4. The molecule has 3 nitrogen and oxygen atoms in total. The van der Waals surface area contributed by atoms with Crippen molar-refractivity contribution in [2.45, 2.75) is 6.18 Å². The Hall–Kier alpha value is -0.900. The smallest absolute Gasteiger partial charge is 0.262 e. The van der Waals surface area contributed by atoms with Crippen LogP contribution in [-0.4, -0.2) is 14.8 Å². The summed E-state index contributed by atoms with van der Waals surface area (Å²) in [5.41, 5.74) is -1.36. The Morgan fingerprint density at radius 1 is 1.30 bits per heavy atom. The van der Waals surface area contributed by atoms with E-state index in [1.807, 2.05) is 0 Å². The van der Waals surface area contributed by atoms with E-state index < -0.39 is 22.7 Å². The van der Waals surface area contributed by atoms with Gasteiger partial charge in [-0.3, -0.25) is 4.68 Å². The summed E-state index contributed by atoms with van der Waals surface area (Å²) in [6.07, 6.45) is -4.71. The number of hydrogen-bond donors (Lipinski definition) is 0. The van der Waals surface area contributed by atoms with Crippen LogP contribution in [0.3, 0.4) is 0 Å². The molecule has 0 bridgehead atoms. The largest absolute Gasteiger partial charge is 0.434 e. The summed E-state index contributed by atoms with van der Waals surface area (Å²) >= 11 is 15.9. The molecule has 3 rings (SSSR count). The van der Waals surface area contributed by atoms with Crippen LogP contribution in [0.25, 0.3) is 21.5 Å². The molecule has 2 aromatic heterocycles. The Morgan fingerprint density at radius 3 is 2.52 bits per heavy atom. The Balaban J connectivity index is 2.39. The molecular weight excluding hydrogens is 445 g/mol. The summed E-state index contributed by atoms with van der Waals surface area (Å²) in [5.74, 6) is -0.827. The van der Waals surface area contributed by atoms with Gasteiger partial charge in [0.2, 0.25) is 0 Å². The van der Waals surface area contributed by atoms with Crippen LogP contribution in [0.1, 0.15) is 5.69 Å². The van der Waals surface area contributed by atoms with Gasteiger partial charge < -0.3 is 0 Å². The molecule has 0 radical (unpaired) electrons. The van der Waals surface area contributed by atoms with Crippen LogP contribution in [-0.2, 0) is 13.2 Å². The molecule has 0 aliphatic rings. The maximum atomic E-state index is 14.4. The average molecular weight is 449 g/mol. The fraction of sp³-hybridized carbons (Fsp3) is 0.167. The van der Waals surface area contributed by atoms with Gasteiger partial charge in [0, 0.05) is 7.05 Å². The van der Waals surface area contributed by atoms with E-state index in [4.69, 9.17) is 23.2 Å². The van der Waals surface area contributed by atoms with Gasteiger partial charge in [0.25, 0.3) is 0 Å². The number of hydrogen-bond acceptors (Lipinski definition) is 3. The lowest BCUT2D eigenvalue weighted by Gasteiger charge is -2.06. The monoisotopic (exact) mass is 447 g/mol. The van der Waals surface area contributed by atoms with Crippen molar-refractivity contribution in [1.29, 1.82) is 0 Å². The predicted octanol–water partition coefficient (Wildman–Crippen LogP) is 5.92. The van der Waals surface area contributed by atoms with Crippen molar-refractivity contribution < 1.29 is 17.6 Å². The summed E-state index contributed by atoms with van der Waals surface area (Å²) in [6, 6.07) is 0.976. The molecule has 0 aliphatic heterocycles. The number of aromatic nitrogens is 3. The van der Waals surface area contributed by atoms with E-state index >= 15 is 0 Å². The van der Waals surface area contributed by atoms with Gasteiger partial charge in [-0.25, -0.2) is 9.37 Å². The van der Waals surface area contributed by atoms with Crippen molar-refractivity contribution in [3.8, 4) is 11.3 Å². The lowest BCUT2D eigenvalue weighted by atomic mass is 10.1.